The first-order chi connectivity index (χ1) is 24.8. The molecular weight excluding hydrogens is 665 g/mol. The quantitative estimate of drug-likeness (QED) is 0.210. The highest BCUT2D eigenvalue weighted by Gasteiger charge is 2.28. The molecule has 2 amide bonds. The lowest BCUT2D eigenvalue weighted by atomic mass is 9.93. The summed E-state index contributed by atoms with van der Waals surface area (Å²) in [7, 11) is 1.57. The number of carbonyl (C=O) groups is 2. The molecule has 2 aliphatic heterocycles. The van der Waals surface area contributed by atoms with Crippen molar-refractivity contribution >= 4 is 34.1 Å². The number of carbonyl (C=O) groups excluding carboxylic acids is 2. The smallest absolute Gasteiger partial charge is 0.388 e. The number of pyridine rings is 1. The number of methoxy groups -OCH3 is 1. The van der Waals surface area contributed by atoms with Gasteiger partial charge >= 0.3 is 6.61 Å². The Hall–Kier alpha value is -5.86. The van der Waals surface area contributed by atoms with Crippen LogP contribution in [0.3, 0.4) is 0 Å². The Bertz CT molecular complexity index is 2080. The number of aromatic nitrogens is 5. The SMILES string of the molecule is COc1ccccc1-c1cc(C2=CCCN(C(=O)CCn3ccnn3)C2)c(F)c2[nH]c(C(=O)N3CCN(c4cccc(OC(F)F)n4)CC3)cc12. The predicted molar refractivity (Wildman–Crippen MR) is 183 cm³/mol. The Balaban J connectivity index is 1.16. The largest absolute Gasteiger partial charge is 0.496 e. The fraction of sp³-hybridized carbons (Fsp3) is 0.306. The molecule has 1 N–H and O–H groups in total. The predicted octanol–water partition coefficient (Wildman–Crippen LogP) is 5.24. The number of fused-ring (bicyclic) bond motifs is 1. The molecule has 0 radical (unpaired) electrons. The van der Waals surface area contributed by atoms with Crippen LogP contribution in [0.1, 0.15) is 28.9 Å². The molecule has 1 fully saturated rings. The molecular formula is C36H35F3N8O4. The molecule has 1 saturated heterocycles. The van der Waals surface area contributed by atoms with Gasteiger partial charge in [-0.05, 0) is 41.8 Å². The van der Waals surface area contributed by atoms with E-state index in [0.717, 1.165) is 5.56 Å². The second-order valence-corrected chi connectivity index (χ2v) is 12.2. The van der Waals surface area contributed by atoms with E-state index in [9.17, 15) is 18.4 Å². The minimum Gasteiger partial charge on any atom is -0.496 e. The molecule has 2 aliphatic rings. The number of piperazine rings is 1. The molecule has 15 heteroatoms. The van der Waals surface area contributed by atoms with Gasteiger partial charge in [-0.25, -0.2) is 4.39 Å². The van der Waals surface area contributed by atoms with E-state index < -0.39 is 12.4 Å². The summed E-state index contributed by atoms with van der Waals surface area (Å²) in [6.45, 7) is -0.374. The number of benzene rings is 2. The summed E-state index contributed by atoms with van der Waals surface area (Å²) < 4.78 is 53.8. The van der Waals surface area contributed by atoms with Gasteiger partial charge in [0.25, 0.3) is 5.91 Å². The van der Waals surface area contributed by atoms with Gasteiger partial charge in [-0.2, -0.15) is 13.8 Å². The Labute approximate surface area is 291 Å². The molecule has 12 nitrogen and oxygen atoms in total. The molecule has 2 aromatic carbocycles. The number of hydrogen-bond donors (Lipinski definition) is 1. The Morgan fingerprint density at radius 2 is 1.78 bits per heavy atom. The number of amides is 2. The van der Waals surface area contributed by atoms with Crippen LogP contribution in [0.4, 0.5) is 19.0 Å². The van der Waals surface area contributed by atoms with Gasteiger partial charge in [-0.15, -0.1) is 5.10 Å². The van der Waals surface area contributed by atoms with E-state index in [4.69, 9.17) is 4.74 Å². The van der Waals surface area contributed by atoms with Crippen molar-refractivity contribution in [3.63, 3.8) is 0 Å². The summed E-state index contributed by atoms with van der Waals surface area (Å²) in [6.07, 6.45) is 6.00. The van der Waals surface area contributed by atoms with Crippen LogP contribution in [0.2, 0.25) is 0 Å². The first kappa shape index (κ1) is 33.6. The van der Waals surface area contributed by atoms with E-state index in [1.54, 1.807) is 58.3 Å². The zero-order chi connectivity index (χ0) is 35.5. The summed E-state index contributed by atoms with van der Waals surface area (Å²) in [5.41, 5.74) is 2.79. The number of aryl methyl sites for hydroxylation is 1. The molecule has 0 spiro atoms. The van der Waals surface area contributed by atoms with Crippen LogP contribution in [-0.2, 0) is 11.3 Å². The van der Waals surface area contributed by atoms with E-state index >= 15 is 4.39 Å². The highest BCUT2D eigenvalue weighted by Crippen LogP contribution is 2.40. The summed E-state index contributed by atoms with van der Waals surface area (Å²) in [4.78, 5) is 39.5. The average molecular weight is 701 g/mol. The maximum atomic E-state index is 16.6. The number of hydrogen-bond acceptors (Lipinski definition) is 8. The van der Waals surface area contributed by atoms with Crippen molar-refractivity contribution in [1.82, 2.24) is 34.8 Å². The number of halogens is 3. The van der Waals surface area contributed by atoms with Crippen molar-refractivity contribution in [2.75, 3.05) is 51.3 Å². The fourth-order valence-electron chi connectivity index (χ4n) is 6.62. The highest BCUT2D eigenvalue weighted by molar-refractivity contribution is 6.05. The number of ether oxygens (including phenoxy) is 2. The van der Waals surface area contributed by atoms with E-state index in [1.807, 2.05) is 35.2 Å². The summed E-state index contributed by atoms with van der Waals surface area (Å²) in [5, 5.41) is 8.22. The minimum atomic E-state index is -2.98. The third-order valence-corrected chi connectivity index (χ3v) is 9.17. The monoisotopic (exact) mass is 700 g/mol. The van der Waals surface area contributed by atoms with Crippen molar-refractivity contribution in [3.8, 4) is 22.8 Å². The molecule has 51 heavy (non-hydrogen) atoms. The standard InChI is InChI=1S/C36H35F3N8O4/c1-50-29-8-3-2-7-24(29)26-20-25(23-6-5-13-46(22-23)32(48)11-14-47-15-12-40-43-47)33(37)34-27(26)21-28(41-34)35(49)45-18-16-44(17-19-45)30-9-4-10-31(42-30)51-36(38)39/h2-4,6-10,12,15,20-21,36,41H,5,11,13-14,16-19,22H2,1H3. The lowest BCUT2D eigenvalue weighted by molar-refractivity contribution is -0.131. The number of alkyl halides is 2. The van der Waals surface area contributed by atoms with Crippen molar-refractivity contribution in [3.05, 3.63) is 90.1 Å². The van der Waals surface area contributed by atoms with Crippen molar-refractivity contribution in [2.24, 2.45) is 0 Å². The second-order valence-electron chi connectivity index (χ2n) is 12.2. The van der Waals surface area contributed by atoms with Gasteiger partial charge in [-0.1, -0.05) is 35.6 Å². The van der Waals surface area contributed by atoms with E-state index in [1.165, 1.54) is 6.07 Å². The summed E-state index contributed by atoms with van der Waals surface area (Å²) in [5.74, 6) is -0.0255. The fourth-order valence-corrected chi connectivity index (χ4v) is 6.62. The third-order valence-electron chi connectivity index (χ3n) is 9.17. The molecule has 5 heterocycles. The summed E-state index contributed by atoms with van der Waals surface area (Å²) in [6, 6.07) is 15.5. The van der Waals surface area contributed by atoms with Crippen LogP contribution in [0.15, 0.2) is 73.1 Å². The van der Waals surface area contributed by atoms with Gasteiger partial charge < -0.3 is 29.2 Å². The number of H-pyrrole nitrogens is 1. The van der Waals surface area contributed by atoms with Crippen molar-refractivity contribution < 1.29 is 32.2 Å². The van der Waals surface area contributed by atoms with Crippen LogP contribution in [0, 0.1) is 5.82 Å². The van der Waals surface area contributed by atoms with Gasteiger partial charge in [-0.3, -0.25) is 14.3 Å². The third kappa shape index (κ3) is 7.09. The van der Waals surface area contributed by atoms with Crippen LogP contribution in [0.5, 0.6) is 11.6 Å². The molecule has 0 aliphatic carbocycles. The molecule has 264 valence electrons. The lowest BCUT2D eigenvalue weighted by Crippen LogP contribution is -2.49. The van der Waals surface area contributed by atoms with Gasteiger partial charge in [0.05, 0.1) is 25.4 Å². The summed E-state index contributed by atoms with van der Waals surface area (Å²) >= 11 is 0. The molecule has 5 aromatic rings. The number of para-hydroxylation sites is 1. The zero-order valence-corrected chi connectivity index (χ0v) is 27.8. The maximum absolute atomic E-state index is 16.6. The van der Waals surface area contributed by atoms with Crippen LogP contribution < -0.4 is 14.4 Å². The zero-order valence-electron chi connectivity index (χ0n) is 27.8. The average Bonchev–Trinajstić information content (AvgIpc) is 3.85. The first-order valence-electron chi connectivity index (χ1n) is 16.5. The lowest BCUT2D eigenvalue weighted by Gasteiger charge is -2.35. The Morgan fingerprint density at radius 1 is 0.961 bits per heavy atom. The van der Waals surface area contributed by atoms with Crippen LogP contribution in [-0.4, -0.2) is 99.6 Å². The maximum Gasteiger partial charge on any atom is 0.388 e. The van der Waals surface area contributed by atoms with E-state index in [0.29, 0.717) is 79.3 Å². The van der Waals surface area contributed by atoms with Gasteiger partial charge in [0.1, 0.15) is 17.3 Å². The minimum absolute atomic E-state index is 0.0691. The van der Waals surface area contributed by atoms with E-state index in [-0.39, 0.29) is 41.9 Å². The molecule has 0 atom stereocenters. The number of nitrogens with one attached hydrogen (secondary N) is 1. The van der Waals surface area contributed by atoms with Crippen molar-refractivity contribution in [1.29, 1.82) is 0 Å². The first-order valence-corrected chi connectivity index (χ1v) is 16.5. The van der Waals surface area contributed by atoms with Crippen molar-refractivity contribution in [2.45, 2.75) is 26.0 Å². The molecule has 0 unspecified atom stereocenters. The molecule has 3 aromatic heterocycles. The van der Waals surface area contributed by atoms with Crippen LogP contribution >= 0.6 is 0 Å². The van der Waals surface area contributed by atoms with E-state index in [2.05, 4.69) is 25.0 Å². The van der Waals surface area contributed by atoms with Gasteiger partial charge in [0.15, 0.2) is 5.82 Å². The number of rotatable bonds is 10. The van der Waals surface area contributed by atoms with Gasteiger partial charge in [0, 0.05) is 74.5 Å². The second kappa shape index (κ2) is 14.5. The Kier molecular flexibility index (Phi) is 9.59. The molecule has 7 rings (SSSR count). The van der Waals surface area contributed by atoms with Crippen LogP contribution in [0.25, 0.3) is 27.6 Å². The number of aromatic amines is 1. The Morgan fingerprint density at radius 3 is 2.55 bits per heavy atom. The topological polar surface area (TPSA) is 122 Å². The number of nitrogens with zero attached hydrogens (tertiary/aromatic N) is 7. The normalized spacial score (nSPS) is 15.0. The molecule has 0 saturated carbocycles. The van der Waals surface area contributed by atoms with Gasteiger partial charge in [0.2, 0.25) is 11.8 Å². The molecule has 0 bridgehead atoms. The number of anilines is 1. The highest BCUT2D eigenvalue weighted by atomic mass is 19.3.